The molecular weight excluding hydrogens is 410 g/mol. The van der Waals surface area contributed by atoms with Crippen molar-refractivity contribution in [3.05, 3.63) is 64.2 Å². The van der Waals surface area contributed by atoms with Crippen molar-refractivity contribution in [3.8, 4) is 11.4 Å². The minimum Gasteiger partial charge on any atom is -0.490 e. The lowest BCUT2D eigenvalue weighted by atomic mass is 9.90. The lowest BCUT2D eigenvalue weighted by Crippen LogP contribution is -2.46. The highest BCUT2D eigenvalue weighted by Crippen LogP contribution is 2.29. The molecular formula is C25H30ClN3O2. The standard InChI is InChI=1S/C25H29N3O2.ClH/c1-17-16-21(30-20-12-14-27(15-13-20)19-6-5-7-19)10-11-24(17)28-18(2)26-23-9-4-3-8-22(23)25(28)29;/h3-4,8-11,16,19-20H,5-7,12-15H2,1-2H3;1H. The van der Waals surface area contributed by atoms with E-state index < -0.39 is 0 Å². The van der Waals surface area contributed by atoms with Crippen molar-refractivity contribution in [3.63, 3.8) is 0 Å². The molecule has 6 heteroatoms. The monoisotopic (exact) mass is 439 g/mol. The molecule has 2 heterocycles. The topological polar surface area (TPSA) is 47.4 Å². The number of hydrogen-bond acceptors (Lipinski definition) is 4. The van der Waals surface area contributed by atoms with Crippen LogP contribution < -0.4 is 10.3 Å². The molecule has 1 aromatic heterocycles. The largest absolute Gasteiger partial charge is 0.490 e. The molecule has 0 atom stereocenters. The van der Waals surface area contributed by atoms with Crippen LogP contribution in [0.4, 0.5) is 0 Å². The van der Waals surface area contributed by atoms with Crippen LogP contribution in [0.25, 0.3) is 16.6 Å². The number of likely N-dealkylation sites (tertiary alicyclic amines) is 1. The summed E-state index contributed by atoms with van der Waals surface area (Å²) < 4.78 is 8.01. The van der Waals surface area contributed by atoms with Gasteiger partial charge in [-0.25, -0.2) is 4.98 Å². The molecule has 0 unspecified atom stereocenters. The van der Waals surface area contributed by atoms with Crippen LogP contribution in [0.2, 0.25) is 0 Å². The van der Waals surface area contributed by atoms with Gasteiger partial charge in [-0.05, 0) is 75.4 Å². The van der Waals surface area contributed by atoms with Crippen molar-refractivity contribution in [1.29, 1.82) is 0 Å². The second-order valence-electron chi connectivity index (χ2n) is 8.70. The molecule has 1 saturated heterocycles. The van der Waals surface area contributed by atoms with E-state index in [9.17, 15) is 4.79 Å². The zero-order valence-electron chi connectivity index (χ0n) is 18.2. The Morgan fingerprint density at radius 3 is 2.42 bits per heavy atom. The van der Waals surface area contributed by atoms with Gasteiger partial charge in [0.1, 0.15) is 17.7 Å². The van der Waals surface area contributed by atoms with Gasteiger partial charge in [-0.2, -0.15) is 0 Å². The van der Waals surface area contributed by atoms with E-state index in [2.05, 4.69) is 16.0 Å². The third-order valence-electron chi connectivity index (χ3n) is 6.72. The molecule has 2 aromatic carbocycles. The number of fused-ring (bicyclic) bond motifs is 1. The van der Waals surface area contributed by atoms with Crippen LogP contribution in [-0.4, -0.2) is 39.7 Å². The van der Waals surface area contributed by atoms with E-state index in [4.69, 9.17) is 4.74 Å². The highest BCUT2D eigenvalue weighted by Gasteiger charge is 2.29. The number of hydrogen-bond donors (Lipinski definition) is 0. The summed E-state index contributed by atoms with van der Waals surface area (Å²) in [6, 6.07) is 14.4. The van der Waals surface area contributed by atoms with E-state index >= 15 is 0 Å². The fourth-order valence-corrected chi connectivity index (χ4v) is 4.78. The van der Waals surface area contributed by atoms with Gasteiger partial charge >= 0.3 is 0 Å². The minimum absolute atomic E-state index is 0. The lowest BCUT2D eigenvalue weighted by molar-refractivity contribution is 0.0493. The van der Waals surface area contributed by atoms with Crippen LogP contribution in [0.5, 0.6) is 5.75 Å². The van der Waals surface area contributed by atoms with Crippen LogP contribution in [0.15, 0.2) is 47.3 Å². The van der Waals surface area contributed by atoms with Crippen LogP contribution in [0.1, 0.15) is 43.5 Å². The van der Waals surface area contributed by atoms with E-state index in [1.54, 1.807) is 4.57 Å². The van der Waals surface area contributed by atoms with Gasteiger partial charge in [0.25, 0.3) is 5.56 Å². The second-order valence-corrected chi connectivity index (χ2v) is 8.70. The quantitative estimate of drug-likeness (QED) is 0.584. The van der Waals surface area contributed by atoms with Gasteiger partial charge in [-0.3, -0.25) is 9.36 Å². The molecule has 0 spiro atoms. The lowest BCUT2D eigenvalue weighted by Gasteiger charge is -2.41. The molecule has 2 fully saturated rings. The summed E-state index contributed by atoms with van der Waals surface area (Å²) in [5.41, 5.74) is 2.59. The summed E-state index contributed by atoms with van der Waals surface area (Å²) in [6.07, 6.45) is 6.58. The van der Waals surface area contributed by atoms with Crippen molar-refractivity contribution in [1.82, 2.24) is 14.5 Å². The first-order chi connectivity index (χ1) is 14.6. The van der Waals surface area contributed by atoms with E-state index in [1.165, 1.54) is 19.3 Å². The predicted molar refractivity (Wildman–Crippen MR) is 127 cm³/mol. The zero-order chi connectivity index (χ0) is 20.7. The molecule has 3 aromatic rings. The molecule has 1 saturated carbocycles. The first-order valence-electron chi connectivity index (χ1n) is 11.1. The van der Waals surface area contributed by atoms with Crippen molar-refractivity contribution in [2.24, 2.45) is 0 Å². The SMILES string of the molecule is Cc1cc(OC2CCN(C3CCC3)CC2)ccc1-n1c(C)nc2ccccc2c1=O.Cl. The number of ether oxygens (including phenoxy) is 1. The summed E-state index contributed by atoms with van der Waals surface area (Å²) in [5, 5.41) is 0.640. The highest BCUT2D eigenvalue weighted by atomic mass is 35.5. The Labute approximate surface area is 189 Å². The van der Waals surface area contributed by atoms with Crippen LogP contribution >= 0.6 is 12.4 Å². The maximum atomic E-state index is 13.1. The molecule has 0 amide bonds. The number of piperidine rings is 1. The summed E-state index contributed by atoms with van der Waals surface area (Å²) in [4.78, 5) is 20.4. The maximum absolute atomic E-state index is 13.1. The van der Waals surface area contributed by atoms with E-state index in [0.29, 0.717) is 11.2 Å². The molecule has 5 rings (SSSR count). The molecule has 1 aliphatic carbocycles. The number of aromatic nitrogens is 2. The first kappa shape index (κ1) is 21.8. The van der Waals surface area contributed by atoms with E-state index in [0.717, 1.165) is 54.5 Å². The Morgan fingerprint density at radius 2 is 1.74 bits per heavy atom. The van der Waals surface area contributed by atoms with Crippen molar-refractivity contribution < 1.29 is 4.74 Å². The van der Waals surface area contributed by atoms with Crippen LogP contribution in [-0.2, 0) is 0 Å². The number of aryl methyl sites for hydroxylation is 2. The van der Waals surface area contributed by atoms with Gasteiger partial charge in [0.2, 0.25) is 0 Å². The molecule has 164 valence electrons. The zero-order valence-corrected chi connectivity index (χ0v) is 19.0. The molecule has 5 nitrogen and oxygen atoms in total. The Morgan fingerprint density at radius 1 is 1.00 bits per heavy atom. The summed E-state index contributed by atoms with van der Waals surface area (Å²) >= 11 is 0. The van der Waals surface area contributed by atoms with E-state index in [-0.39, 0.29) is 24.1 Å². The first-order valence-corrected chi connectivity index (χ1v) is 11.1. The fraction of sp³-hybridized carbons (Fsp3) is 0.440. The molecule has 0 radical (unpaired) electrons. The minimum atomic E-state index is -0.0294. The van der Waals surface area contributed by atoms with E-state index in [1.807, 2.05) is 50.2 Å². The molecule has 31 heavy (non-hydrogen) atoms. The Hall–Kier alpha value is -2.37. The average Bonchev–Trinajstić information content (AvgIpc) is 2.70. The normalized spacial score (nSPS) is 17.9. The Bertz CT molecular complexity index is 1130. The Balaban J connectivity index is 0.00000231. The summed E-state index contributed by atoms with van der Waals surface area (Å²) in [5.74, 6) is 1.58. The predicted octanol–water partition coefficient (Wildman–Crippen LogP) is 4.82. The summed E-state index contributed by atoms with van der Waals surface area (Å²) in [7, 11) is 0. The van der Waals surface area contributed by atoms with Crippen molar-refractivity contribution in [2.75, 3.05) is 13.1 Å². The molecule has 1 aliphatic heterocycles. The average molecular weight is 440 g/mol. The van der Waals surface area contributed by atoms with Gasteiger partial charge < -0.3 is 9.64 Å². The number of para-hydroxylation sites is 1. The second kappa shape index (κ2) is 9.01. The van der Waals surface area contributed by atoms with Gasteiger partial charge in [-0.1, -0.05) is 18.6 Å². The maximum Gasteiger partial charge on any atom is 0.265 e. The third kappa shape index (κ3) is 4.21. The molecule has 2 aliphatic rings. The molecule has 0 N–H and O–H groups in total. The smallest absolute Gasteiger partial charge is 0.265 e. The van der Waals surface area contributed by atoms with Gasteiger partial charge in [0.15, 0.2) is 0 Å². The van der Waals surface area contributed by atoms with Gasteiger partial charge in [0.05, 0.1) is 16.6 Å². The third-order valence-corrected chi connectivity index (χ3v) is 6.72. The number of halogens is 1. The van der Waals surface area contributed by atoms with Crippen molar-refractivity contribution >= 4 is 23.3 Å². The van der Waals surface area contributed by atoms with Gasteiger partial charge in [-0.15, -0.1) is 12.4 Å². The number of benzene rings is 2. The molecule has 0 bridgehead atoms. The Kier molecular flexibility index (Phi) is 6.35. The highest BCUT2D eigenvalue weighted by molar-refractivity contribution is 5.85. The fourth-order valence-electron chi connectivity index (χ4n) is 4.78. The van der Waals surface area contributed by atoms with Gasteiger partial charge in [0, 0.05) is 19.1 Å². The number of rotatable bonds is 4. The van der Waals surface area contributed by atoms with Crippen molar-refractivity contribution in [2.45, 2.75) is 58.1 Å². The summed E-state index contributed by atoms with van der Waals surface area (Å²) in [6.45, 7) is 6.20. The van der Waals surface area contributed by atoms with Crippen LogP contribution in [0, 0.1) is 13.8 Å². The van der Waals surface area contributed by atoms with Crippen LogP contribution in [0.3, 0.4) is 0 Å². The number of nitrogens with zero attached hydrogens (tertiary/aromatic N) is 3.